The average Bonchev–Trinajstić information content (AvgIpc) is 3.17. The molecule has 2 heterocycles. The molecule has 0 unspecified atom stereocenters. The molecular weight excluding hydrogens is 319 g/mol. The van der Waals surface area contributed by atoms with Gasteiger partial charge in [-0.25, -0.2) is 9.97 Å². The number of hydrogen-bond acceptors (Lipinski definition) is 2. The summed E-state index contributed by atoms with van der Waals surface area (Å²) in [6, 6.07) is 11.6. The van der Waals surface area contributed by atoms with Crippen molar-refractivity contribution in [3.05, 3.63) is 65.2 Å². The summed E-state index contributed by atoms with van der Waals surface area (Å²) >= 11 is 12.1. The third-order valence-electron chi connectivity index (χ3n) is 3.47. The highest BCUT2D eigenvalue weighted by molar-refractivity contribution is 6.42. The Morgan fingerprint density at radius 1 is 1.00 bits per heavy atom. The highest BCUT2D eigenvalue weighted by Gasteiger charge is 2.08. The highest BCUT2D eigenvalue weighted by Crippen LogP contribution is 2.29. The lowest BCUT2D eigenvalue weighted by Gasteiger charge is -2.02. The number of aromatic nitrogens is 4. The van der Waals surface area contributed by atoms with Crippen LogP contribution < -0.4 is 0 Å². The number of benzene rings is 2. The maximum atomic E-state index is 6.03. The van der Waals surface area contributed by atoms with E-state index in [0.29, 0.717) is 10.0 Å². The van der Waals surface area contributed by atoms with Crippen molar-refractivity contribution in [2.45, 2.75) is 0 Å². The van der Waals surface area contributed by atoms with E-state index in [1.54, 1.807) is 24.7 Å². The maximum absolute atomic E-state index is 6.03. The van der Waals surface area contributed by atoms with Gasteiger partial charge in [0.05, 0.1) is 27.4 Å². The topological polar surface area (TPSA) is 46.5 Å². The van der Waals surface area contributed by atoms with Crippen molar-refractivity contribution < 1.29 is 0 Å². The Morgan fingerprint density at radius 2 is 1.77 bits per heavy atom. The second-order valence-electron chi connectivity index (χ2n) is 4.89. The molecule has 0 atom stereocenters. The van der Waals surface area contributed by atoms with Crippen molar-refractivity contribution in [3.8, 4) is 17.1 Å². The first-order valence-electron chi connectivity index (χ1n) is 6.64. The number of hydrogen-bond donors (Lipinski definition) is 1. The van der Waals surface area contributed by atoms with Gasteiger partial charge in [0.15, 0.2) is 0 Å². The summed E-state index contributed by atoms with van der Waals surface area (Å²) in [5, 5.41) is 1.02. The molecule has 0 bridgehead atoms. The highest BCUT2D eigenvalue weighted by atomic mass is 35.5. The van der Waals surface area contributed by atoms with E-state index in [9.17, 15) is 0 Å². The summed E-state index contributed by atoms with van der Waals surface area (Å²) in [7, 11) is 0. The summed E-state index contributed by atoms with van der Waals surface area (Å²) in [6.07, 6.45) is 5.42. The fourth-order valence-electron chi connectivity index (χ4n) is 2.34. The lowest BCUT2D eigenvalue weighted by atomic mass is 10.2. The van der Waals surface area contributed by atoms with Crippen LogP contribution in [0.25, 0.3) is 28.1 Å². The van der Waals surface area contributed by atoms with Crippen LogP contribution in [0.2, 0.25) is 10.0 Å². The molecule has 0 radical (unpaired) electrons. The summed E-state index contributed by atoms with van der Waals surface area (Å²) in [4.78, 5) is 11.9. The van der Waals surface area contributed by atoms with Crippen LogP contribution >= 0.6 is 23.2 Å². The van der Waals surface area contributed by atoms with Gasteiger partial charge in [-0.1, -0.05) is 23.2 Å². The second kappa shape index (κ2) is 5.16. The normalized spacial score (nSPS) is 11.2. The third kappa shape index (κ3) is 2.26. The average molecular weight is 329 g/mol. The molecule has 0 fully saturated rings. The van der Waals surface area contributed by atoms with E-state index >= 15 is 0 Å². The van der Waals surface area contributed by atoms with Gasteiger partial charge >= 0.3 is 0 Å². The standard InChI is InChI=1S/C16H10Cl2N4/c17-12-7-14-15(8-13(12)18)21-16(20-14)10-1-3-11(4-2-10)22-6-5-19-9-22/h1-9H,(H,20,21). The van der Waals surface area contributed by atoms with Crippen LogP contribution in [-0.4, -0.2) is 19.5 Å². The van der Waals surface area contributed by atoms with E-state index < -0.39 is 0 Å². The summed E-state index contributed by atoms with van der Waals surface area (Å²) in [6.45, 7) is 0. The first kappa shape index (κ1) is 13.4. The van der Waals surface area contributed by atoms with Crippen molar-refractivity contribution in [2.24, 2.45) is 0 Å². The summed E-state index contributed by atoms with van der Waals surface area (Å²) in [5.41, 5.74) is 3.70. The first-order valence-corrected chi connectivity index (χ1v) is 7.40. The number of nitrogens with one attached hydrogen (secondary N) is 1. The molecule has 0 spiro atoms. The predicted octanol–water partition coefficient (Wildman–Crippen LogP) is 4.72. The molecule has 22 heavy (non-hydrogen) atoms. The monoisotopic (exact) mass is 328 g/mol. The van der Waals surface area contributed by atoms with Crippen molar-refractivity contribution in [1.29, 1.82) is 0 Å². The Balaban J connectivity index is 1.75. The predicted molar refractivity (Wildman–Crippen MR) is 88.7 cm³/mol. The number of halogens is 2. The zero-order valence-corrected chi connectivity index (χ0v) is 12.8. The lowest BCUT2D eigenvalue weighted by Crippen LogP contribution is -1.89. The molecule has 1 N–H and O–H groups in total. The van der Waals surface area contributed by atoms with Gasteiger partial charge < -0.3 is 9.55 Å². The molecule has 0 aliphatic heterocycles. The largest absolute Gasteiger partial charge is 0.338 e. The Bertz CT molecular complexity index is 901. The van der Waals surface area contributed by atoms with E-state index in [0.717, 1.165) is 28.1 Å². The first-order chi connectivity index (χ1) is 10.7. The van der Waals surface area contributed by atoms with E-state index in [-0.39, 0.29) is 0 Å². The number of rotatable bonds is 2. The Kier molecular flexibility index (Phi) is 3.13. The molecule has 4 aromatic rings. The fraction of sp³-hybridized carbons (Fsp3) is 0. The SMILES string of the molecule is Clc1cc2nc(-c3ccc(-n4ccnc4)cc3)[nH]c2cc1Cl. The van der Waals surface area contributed by atoms with Gasteiger partial charge in [-0.2, -0.15) is 0 Å². The minimum atomic E-state index is 0.502. The van der Waals surface area contributed by atoms with Crippen LogP contribution in [0.1, 0.15) is 0 Å². The quantitative estimate of drug-likeness (QED) is 0.578. The van der Waals surface area contributed by atoms with Crippen LogP contribution in [0, 0.1) is 0 Å². The molecule has 0 aliphatic rings. The number of nitrogens with zero attached hydrogens (tertiary/aromatic N) is 3. The molecule has 108 valence electrons. The molecular formula is C16H10Cl2N4. The van der Waals surface area contributed by atoms with Crippen molar-refractivity contribution in [3.63, 3.8) is 0 Å². The molecule has 0 saturated carbocycles. The Morgan fingerprint density at radius 3 is 2.50 bits per heavy atom. The van der Waals surface area contributed by atoms with Gasteiger partial charge in [0.1, 0.15) is 5.82 Å². The molecule has 0 amide bonds. The number of imidazole rings is 2. The van der Waals surface area contributed by atoms with E-state index in [1.165, 1.54) is 0 Å². The summed E-state index contributed by atoms with van der Waals surface area (Å²) in [5.74, 6) is 0.783. The van der Waals surface area contributed by atoms with Gasteiger partial charge in [-0.3, -0.25) is 0 Å². The molecule has 4 nitrogen and oxygen atoms in total. The molecule has 6 heteroatoms. The second-order valence-corrected chi connectivity index (χ2v) is 5.70. The van der Waals surface area contributed by atoms with E-state index in [4.69, 9.17) is 23.2 Å². The van der Waals surface area contributed by atoms with Crippen molar-refractivity contribution in [1.82, 2.24) is 19.5 Å². The van der Waals surface area contributed by atoms with Crippen LogP contribution in [0.5, 0.6) is 0 Å². The summed E-state index contributed by atoms with van der Waals surface area (Å²) < 4.78 is 1.95. The molecule has 0 aliphatic carbocycles. The van der Waals surface area contributed by atoms with Gasteiger partial charge in [0.25, 0.3) is 0 Å². The van der Waals surface area contributed by atoms with Gasteiger partial charge in [0, 0.05) is 23.6 Å². The minimum Gasteiger partial charge on any atom is -0.338 e. The van der Waals surface area contributed by atoms with Gasteiger partial charge in [-0.05, 0) is 36.4 Å². The third-order valence-corrected chi connectivity index (χ3v) is 4.19. The molecule has 0 saturated heterocycles. The van der Waals surface area contributed by atoms with Crippen molar-refractivity contribution >= 4 is 34.2 Å². The minimum absolute atomic E-state index is 0.502. The van der Waals surface area contributed by atoms with Gasteiger partial charge in [-0.15, -0.1) is 0 Å². The Labute approximate surface area is 136 Å². The van der Waals surface area contributed by atoms with Crippen LogP contribution in [0.3, 0.4) is 0 Å². The van der Waals surface area contributed by atoms with E-state index in [2.05, 4.69) is 15.0 Å². The lowest BCUT2D eigenvalue weighted by molar-refractivity contribution is 1.06. The van der Waals surface area contributed by atoms with E-state index in [1.807, 2.05) is 35.0 Å². The smallest absolute Gasteiger partial charge is 0.138 e. The Hall–Kier alpha value is -2.30. The molecule has 2 aromatic carbocycles. The zero-order chi connectivity index (χ0) is 15.1. The maximum Gasteiger partial charge on any atom is 0.138 e. The number of fused-ring (bicyclic) bond motifs is 1. The number of H-pyrrole nitrogens is 1. The molecule has 4 rings (SSSR count). The van der Waals surface area contributed by atoms with Crippen LogP contribution in [-0.2, 0) is 0 Å². The zero-order valence-electron chi connectivity index (χ0n) is 11.3. The number of aromatic amines is 1. The van der Waals surface area contributed by atoms with Crippen molar-refractivity contribution in [2.75, 3.05) is 0 Å². The molecule has 2 aromatic heterocycles. The van der Waals surface area contributed by atoms with Crippen LogP contribution in [0.15, 0.2) is 55.1 Å². The van der Waals surface area contributed by atoms with Gasteiger partial charge in [0.2, 0.25) is 0 Å². The fourth-order valence-corrected chi connectivity index (χ4v) is 2.67. The van der Waals surface area contributed by atoms with Crippen LogP contribution in [0.4, 0.5) is 0 Å².